The molecule has 1 aromatic heterocycles. The van der Waals surface area contributed by atoms with Crippen molar-refractivity contribution in [3.63, 3.8) is 0 Å². The van der Waals surface area contributed by atoms with Gasteiger partial charge < -0.3 is 15.0 Å². The van der Waals surface area contributed by atoms with Crippen molar-refractivity contribution in [1.29, 1.82) is 0 Å². The van der Waals surface area contributed by atoms with Crippen molar-refractivity contribution in [3.8, 4) is 17.1 Å². The van der Waals surface area contributed by atoms with Crippen LogP contribution in [0, 0.1) is 0 Å². The van der Waals surface area contributed by atoms with Crippen LogP contribution in [0.5, 0.6) is 5.75 Å². The Bertz CT molecular complexity index is 576. The molecule has 0 fully saturated rings. The highest BCUT2D eigenvalue weighted by Gasteiger charge is 2.17. The Labute approximate surface area is 126 Å². The van der Waals surface area contributed by atoms with E-state index in [-0.39, 0.29) is 6.04 Å². The lowest BCUT2D eigenvalue weighted by Gasteiger charge is -2.05. The van der Waals surface area contributed by atoms with Gasteiger partial charge in [-0.25, -0.2) is 0 Å². The van der Waals surface area contributed by atoms with E-state index in [1.54, 1.807) is 37.1 Å². The molecular formula is C13H16ClN3O2S. The number of thioether (sulfide) groups is 1. The molecule has 0 aliphatic heterocycles. The minimum Gasteiger partial charge on any atom is -0.496 e. The molecule has 5 nitrogen and oxygen atoms in total. The molecule has 2 rings (SSSR count). The van der Waals surface area contributed by atoms with E-state index in [2.05, 4.69) is 10.1 Å². The summed E-state index contributed by atoms with van der Waals surface area (Å²) in [7, 11) is 1.57. The Morgan fingerprint density at radius 1 is 1.50 bits per heavy atom. The van der Waals surface area contributed by atoms with Gasteiger partial charge in [-0.3, -0.25) is 0 Å². The summed E-state index contributed by atoms with van der Waals surface area (Å²) in [4.78, 5) is 4.34. The molecule has 108 valence electrons. The van der Waals surface area contributed by atoms with Crippen molar-refractivity contribution >= 4 is 23.4 Å². The number of methoxy groups -OCH3 is 1. The van der Waals surface area contributed by atoms with Crippen LogP contribution in [-0.4, -0.2) is 29.3 Å². The monoisotopic (exact) mass is 313 g/mol. The summed E-state index contributed by atoms with van der Waals surface area (Å²) >= 11 is 7.66. The fraction of sp³-hybridized carbons (Fsp3) is 0.385. The molecule has 7 heteroatoms. The molecule has 0 aliphatic carbocycles. The molecule has 0 radical (unpaired) electrons. The maximum absolute atomic E-state index is 6.01. The minimum absolute atomic E-state index is 0.248. The van der Waals surface area contributed by atoms with E-state index in [4.69, 9.17) is 26.6 Å². The molecule has 1 atom stereocenters. The highest BCUT2D eigenvalue weighted by atomic mass is 35.5. The standard InChI is InChI=1S/C13H16ClN3O2S/c1-18-11-7-8(14)3-4-9(11)12-16-13(19-17-12)10(15)5-6-20-2/h3-4,7,10H,5-6,15H2,1-2H3. The third kappa shape index (κ3) is 3.45. The van der Waals surface area contributed by atoms with Gasteiger partial charge in [0.05, 0.1) is 18.7 Å². The van der Waals surface area contributed by atoms with Gasteiger partial charge in [0.2, 0.25) is 11.7 Å². The summed E-state index contributed by atoms with van der Waals surface area (Å²) in [6.07, 6.45) is 2.82. The molecule has 0 spiro atoms. The number of hydrogen-bond donors (Lipinski definition) is 1. The molecule has 0 saturated heterocycles. The summed E-state index contributed by atoms with van der Waals surface area (Å²) < 4.78 is 10.5. The Morgan fingerprint density at radius 2 is 2.30 bits per heavy atom. The average molecular weight is 314 g/mol. The molecule has 0 amide bonds. The second-order valence-corrected chi connectivity index (χ2v) is 5.61. The van der Waals surface area contributed by atoms with E-state index >= 15 is 0 Å². The lowest BCUT2D eigenvalue weighted by molar-refractivity contribution is 0.352. The van der Waals surface area contributed by atoms with Crippen molar-refractivity contribution in [1.82, 2.24) is 10.1 Å². The van der Waals surface area contributed by atoms with Crippen molar-refractivity contribution in [3.05, 3.63) is 29.1 Å². The van der Waals surface area contributed by atoms with Gasteiger partial charge in [-0.2, -0.15) is 16.7 Å². The first-order chi connectivity index (χ1) is 9.65. The fourth-order valence-electron chi connectivity index (χ4n) is 1.71. The normalized spacial score (nSPS) is 12.4. The van der Waals surface area contributed by atoms with Crippen molar-refractivity contribution in [2.75, 3.05) is 19.1 Å². The zero-order chi connectivity index (χ0) is 14.5. The molecule has 0 aliphatic rings. The van der Waals surface area contributed by atoms with E-state index in [0.29, 0.717) is 22.5 Å². The molecule has 2 N–H and O–H groups in total. The third-order valence-corrected chi connectivity index (χ3v) is 3.68. The Hall–Kier alpha value is -1.24. The van der Waals surface area contributed by atoms with Crippen molar-refractivity contribution in [2.24, 2.45) is 5.73 Å². The topological polar surface area (TPSA) is 74.2 Å². The second-order valence-electron chi connectivity index (χ2n) is 4.19. The van der Waals surface area contributed by atoms with Crippen LogP contribution in [0.15, 0.2) is 22.7 Å². The summed E-state index contributed by atoms with van der Waals surface area (Å²) in [5.41, 5.74) is 6.73. The van der Waals surface area contributed by atoms with Gasteiger partial charge in [-0.15, -0.1) is 0 Å². The number of benzene rings is 1. The number of nitrogens with zero attached hydrogens (tertiary/aromatic N) is 2. The molecule has 2 aromatic rings. The zero-order valence-corrected chi connectivity index (χ0v) is 12.9. The summed E-state index contributed by atoms with van der Waals surface area (Å²) in [5, 5.41) is 4.55. The fourth-order valence-corrected chi connectivity index (χ4v) is 2.37. The SMILES string of the molecule is COc1cc(Cl)ccc1-c1noc(C(N)CCSC)n1. The third-order valence-electron chi connectivity index (χ3n) is 2.80. The largest absolute Gasteiger partial charge is 0.496 e. The number of rotatable bonds is 6. The first-order valence-corrected chi connectivity index (χ1v) is 7.85. The first kappa shape index (κ1) is 15.2. The smallest absolute Gasteiger partial charge is 0.243 e. The quantitative estimate of drug-likeness (QED) is 0.883. The van der Waals surface area contributed by atoms with E-state index in [1.807, 2.05) is 6.26 Å². The highest BCUT2D eigenvalue weighted by Crippen LogP contribution is 2.31. The van der Waals surface area contributed by atoms with E-state index in [9.17, 15) is 0 Å². The molecule has 0 saturated carbocycles. The second kappa shape index (κ2) is 6.97. The molecule has 0 bridgehead atoms. The summed E-state index contributed by atoms with van der Waals surface area (Å²) in [6.45, 7) is 0. The first-order valence-electron chi connectivity index (χ1n) is 6.07. The van der Waals surface area contributed by atoms with Crippen LogP contribution in [0.4, 0.5) is 0 Å². The molecule has 20 heavy (non-hydrogen) atoms. The van der Waals surface area contributed by atoms with Crippen LogP contribution < -0.4 is 10.5 Å². The van der Waals surface area contributed by atoms with Gasteiger partial charge >= 0.3 is 0 Å². The molecule has 1 unspecified atom stereocenters. The molecule has 1 aromatic carbocycles. The Morgan fingerprint density at radius 3 is 3.00 bits per heavy atom. The van der Waals surface area contributed by atoms with Crippen LogP contribution in [0.25, 0.3) is 11.4 Å². The highest BCUT2D eigenvalue weighted by molar-refractivity contribution is 7.98. The van der Waals surface area contributed by atoms with E-state index in [0.717, 1.165) is 17.7 Å². The van der Waals surface area contributed by atoms with Crippen LogP contribution in [0.2, 0.25) is 5.02 Å². The number of nitrogens with two attached hydrogens (primary N) is 1. The van der Waals surface area contributed by atoms with Crippen LogP contribution in [0.1, 0.15) is 18.4 Å². The van der Waals surface area contributed by atoms with Crippen molar-refractivity contribution < 1.29 is 9.26 Å². The summed E-state index contributed by atoms with van der Waals surface area (Å²) in [5.74, 6) is 2.44. The lowest BCUT2D eigenvalue weighted by atomic mass is 10.2. The number of hydrogen-bond acceptors (Lipinski definition) is 6. The number of ether oxygens (including phenoxy) is 1. The predicted octanol–water partition coefficient (Wildman–Crippen LogP) is 3.15. The molecule has 1 heterocycles. The van der Waals surface area contributed by atoms with Gasteiger partial charge in [0.15, 0.2) is 0 Å². The zero-order valence-electron chi connectivity index (χ0n) is 11.3. The average Bonchev–Trinajstić information content (AvgIpc) is 2.94. The van der Waals surface area contributed by atoms with Crippen LogP contribution >= 0.6 is 23.4 Å². The van der Waals surface area contributed by atoms with Crippen LogP contribution in [-0.2, 0) is 0 Å². The Balaban J connectivity index is 2.24. The Kier molecular flexibility index (Phi) is 5.28. The predicted molar refractivity (Wildman–Crippen MR) is 81.2 cm³/mol. The van der Waals surface area contributed by atoms with Gasteiger partial charge in [-0.05, 0) is 36.6 Å². The summed E-state index contributed by atoms with van der Waals surface area (Å²) in [6, 6.07) is 5.01. The van der Waals surface area contributed by atoms with Gasteiger partial charge in [-0.1, -0.05) is 16.8 Å². The maximum atomic E-state index is 6.01. The van der Waals surface area contributed by atoms with E-state index in [1.165, 1.54) is 0 Å². The number of aromatic nitrogens is 2. The minimum atomic E-state index is -0.248. The van der Waals surface area contributed by atoms with Crippen LogP contribution in [0.3, 0.4) is 0 Å². The maximum Gasteiger partial charge on any atom is 0.243 e. The van der Waals surface area contributed by atoms with Crippen molar-refractivity contribution in [2.45, 2.75) is 12.5 Å². The lowest BCUT2D eigenvalue weighted by Crippen LogP contribution is -2.11. The van der Waals surface area contributed by atoms with E-state index < -0.39 is 0 Å². The van der Waals surface area contributed by atoms with Gasteiger partial charge in [0.1, 0.15) is 5.75 Å². The molecular weight excluding hydrogens is 298 g/mol. The number of halogens is 1. The van der Waals surface area contributed by atoms with Gasteiger partial charge in [0.25, 0.3) is 0 Å². The van der Waals surface area contributed by atoms with Gasteiger partial charge in [0, 0.05) is 5.02 Å².